The zero-order valence-corrected chi connectivity index (χ0v) is 14.8. The highest BCUT2D eigenvalue weighted by atomic mass is 32.2. The number of sulfonamides is 1. The molecule has 21 heavy (non-hydrogen) atoms. The molecule has 0 aliphatic carbocycles. The van der Waals surface area contributed by atoms with Gasteiger partial charge in [0, 0.05) is 29.9 Å². The summed E-state index contributed by atoms with van der Waals surface area (Å²) in [5, 5.41) is 4.90. The number of rotatable bonds is 11. The minimum atomic E-state index is -3.38. The molecule has 0 aliphatic rings. The molecule has 7 heteroatoms. The third kappa shape index (κ3) is 6.44. The fourth-order valence-electron chi connectivity index (χ4n) is 2.01. The van der Waals surface area contributed by atoms with Crippen LogP contribution in [0.4, 0.5) is 0 Å². The first-order chi connectivity index (χ1) is 10.0. The van der Waals surface area contributed by atoms with Gasteiger partial charge in [0.1, 0.15) is 0 Å². The van der Waals surface area contributed by atoms with E-state index in [0.29, 0.717) is 11.4 Å². The normalized spacial score (nSPS) is 12.2. The van der Waals surface area contributed by atoms with Crippen molar-refractivity contribution in [1.82, 2.24) is 14.9 Å². The van der Waals surface area contributed by atoms with Crippen molar-refractivity contribution in [3.63, 3.8) is 0 Å². The molecule has 0 atom stereocenters. The lowest BCUT2D eigenvalue weighted by Gasteiger charge is -2.19. The van der Waals surface area contributed by atoms with Gasteiger partial charge in [0.05, 0.1) is 4.90 Å². The molecular formula is C14H27N3O2S2. The van der Waals surface area contributed by atoms with E-state index in [4.69, 9.17) is 0 Å². The second kappa shape index (κ2) is 9.53. The van der Waals surface area contributed by atoms with E-state index in [2.05, 4.69) is 28.8 Å². The van der Waals surface area contributed by atoms with Crippen molar-refractivity contribution in [3.8, 4) is 0 Å². The summed E-state index contributed by atoms with van der Waals surface area (Å²) < 4.78 is 27.1. The van der Waals surface area contributed by atoms with Gasteiger partial charge in [-0.05, 0) is 32.1 Å². The van der Waals surface area contributed by atoms with Crippen molar-refractivity contribution in [2.45, 2.75) is 38.6 Å². The fraction of sp³-hybridized carbons (Fsp3) is 0.714. The summed E-state index contributed by atoms with van der Waals surface area (Å²) in [5.41, 5.74) is 0. The van der Waals surface area contributed by atoms with Crippen LogP contribution < -0.4 is 10.0 Å². The maximum absolute atomic E-state index is 12.2. The van der Waals surface area contributed by atoms with Crippen LogP contribution in [0.1, 0.15) is 32.1 Å². The zero-order chi connectivity index (χ0) is 15.7. The van der Waals surface area contributed by atoms with Crippen molar-refractivity contribution in [2.24, 2.45) is 0 Å². The van der Waals surface area contributed by atoms with Crippen LogP contribution in [-0.2, 0) is 16.6 Å². The molecule has 0 spiro atoms. The van der Waals surface area contributed by atoms with Gasteiger partial charge in [-0.15, -0.1) is 11.3 Å². The topological polar surface area (TPSA) is 61.4 Å². The van der Waals surface area contributed by atoms with Crippen LogP contribution in [0.15, 0.2) is 16.3 Å². The van der Waals surface area contributed by atoms with Crippen molar-refractivity contribution in [3.05, 3.63) is 16.3 Å². The summed E-state index contributed by atoms with van der Waals surface area (Å²) in [6.45, 7) is 11.0. The molecule has 0 amide bonds. The minimum Gasteiger partial charge on any atom is -0.312 e. The molecule has 0 aliphatic heterocycles. The lowest BCUT2D eigenvalue weighted by atomic mass is 10.4. The quantitative estimate of drug-likeness (QED) is 0.649. The van der Waals surface area contributed by atoms with Gasteiger partial charge in [-0.1, -0.05) is 20.8 Å². The number of nitrogens with zero attached hydrogens (tertiary/aromatic N) is 1. The molecule has 2 N–H and O–H groups in total. The van der Waals surface area contributed by atoms with Crippen molar-refractivity contribution >= 4 is 21.4 Å². The minimum absolute atomic E-state index is 0.374. The van der Waals surface area contributed by atoms with Gasteiger partial charge in [0.15, 0.2) is 0 Å². The smallest absolute Gasteiger partial charge is 0.241 e. The number of hydrogen-bond donors (Lipinski definition) is 2. The zero-order valence-electron chi connectivity index (χ0n) is 13.2. The Morgan fingerprint density at radius 2 is 2.00 bits per heavy atom. The van der Waals surface area contributed by atoms with Gasteiger partial charge in [0.2, 0.25) is 10.0 Å². The van der Waals surface area contributed by atoms with E-state index in [1.807, 2.05) is 6.92 Å². The van der Waals surface area contributed by atoms with Crippen LogP contribution in [0.3, 0.4) is 0 Å². The van der Waals surface area contributed by atoms with Gasteiger partial charge >= 0.3 is 0 Å². The largest absolute Gasteiger partial charge is 0.312 e. The van der Waals surface area contributed by atoms with Gasteiger partial charge in [-0.2, -0.15) is 0 Å². The highest BCUT2D eigenvalue weighted by Gasteiger charge is 2.16. The van der Waals surface area contributed by atoms with E-state index in [0.717, 1.165) is 44.0 Å². The molecule has 0 fully saturated rings. The van der Waals surface area contributed by atoms with Gasteiger partial charge in [0.25, 0.3) is 0 Å². The number of hydrogen-bond acceptors (Lipinski definition) is 5. The molecular weight excluding hydrogens is 306 g/mol. The van der Waals surface area contributed by atoms with Crippen LogP contribution in [0.2, 0.25) is 0 Å². The predicted octanol–water partition coefficient (Wildman–Crippen LogP) is 1.87. The van der Waals surface area contributed by atoms with Gasteiger partial charge in [-0.3, -0.25) is 0 Å². The van der Waals surface area contributed by atoms with Crippen LogP contribution >= 0.6 is 11.3 Å². The maximum Gasteiger partial charge on any atom is 0.241 e. The molecule has 1 aromatic rings. The number of thiophene rings is 1. The Hall–Kier alpha value is -0.470. The Morgan fingerprint density at radius 1 is 1.24 bits per heavy atom. The highest BCUT2D eigenvalue weighted by Crippen LogP contribution is 2.18. The van der Waals surface area contributed by atoms with Crippen molar-refractivity contribution < 1.29 is 8.42 Å². The second-order valence-electron chi connectivity index (χ2n) is 4.86. The van der Waals surface area contributed by atoms with Crippen LogP contribution in [-0.4, -0.2) is 46.0 Å². The Balaban J connectivity index is 2.51. The number of likely N-dealkylation sites (N-methyl/N-ethyl adjacent to an activating group) is 1. The first-order valence-electron chi connectivity index (χ1n) is 7.53. The fourth-order valence-corrected chi connectivity index (χ4v) is 4.27. The summed E-state index contributed by atoms with van der Waals surface area (Å²) in [6, 6.07) is 1.75. The average molecular weight is 334 g/mol. The second-order valence-corrected chi connectivity index (χ2v) is 7.62. The van der Waals surface area contributed by atoms with E-state index < -0.39 is 10.0 Å². The highest BCUT2D eigenvalue weighted by molar-refractivity contribution is 7.89. The lowest BCUT2D eigenvalue weighted by Crippen LogP contribution is -2.35. The molecule has 0 saturated heterocycles. The Bertz CT molecular complexity index is 500. The molecule has 5 nitrogen and oxygen atoms in total. The Labute approximate surface area is 132 Å². The van der Waals surface area contributed by atoms with Crippen LogP contribution in [0.25, 0.3) is 0 Å². The van der Waals surface area contributed by atoms with Crippen LogP contribution in [0, 0.1) is 0 Å². The molecule has 1 aromatic heterocycles. The van der Waals surface area contributed by atoms with Crippen molar-refractivity contribution in [2.75, 3.05) is 32.7 Å². The first kappa shape index (κ1) is 18.6. The summed E-state index contributed by atoms with van der Waals surface area (Å²) >= 11 is 1.48. The lowest BCUT2D eigenvalue weighted by molar-refractivity contribution is 0.293. The first-order valence-corrected chi connectivity index (χ1v) is 9.89. The van der Waals surface area contributed by atoms with Crippen LogP contribution in [0.5, 0.6) is 0 Å². The Kier molecular flexibility index (Phi) is 8.43. The maximum atomic E-state index is 12.2. The SMILES string of the molecule is CCCN(CC)CCNS(=O)(=O)c1csc(CNCC)c1. The molecule has 0 aromatic carbocycles. The monoisotopic (exact) mass is 333 g/mol. The summed E-state index contributed by atoms with van der Waals surface area (Å²) in [5.74, 6) is 0. The van der Waals surface area contributed by atoms with E-state index in [1.165, 1.54) is 11.3 Å². The Morgan fingerprint density at radius 3 is 2.62 bits per heavy atom. The third-order valence-corrected chi connectivity index (χ3v) is 5.72. The van der Waals surface area contributed by atoms with E-state index >= 15 is 0 Å². The van der Waals surface area contributed by atoms with Gasteiger partial charge < -0.3 is 10.2 Å². The summed E-state index contributed by atoms with van der Waals surface area (Å²) in [4.78, 5) is 3.66. The third-order valence-electron chi connectivity index (χ3n) is 3.20. The standard InChI is InChI=1S/C14H27N3O2S2/c1-4-8-17(6-3)9-7-16-21(18,19)14-10-13(20-12-14)11-15-5-2/h10,12,15-16H,4-9,11H2,1-3H3. The average Bonchev–Trinajstić information content (AvgIpc) is 2.93. The van der Waals surface area contributed by atoms with E-state index in [1.54, 1.807) is 11.4 Å². The summed E-state index contributed by atoms with van der Waals surface area (Å²) in [6.07, 6.45) is 1.08. The molecule has 0 unspecified atom stereocenters. The number of nitrogens with one attached hydrogen (secondary N) is 2. The molecule has 0 bridgehead atoms. The predicted molar refractivity (Wildman–Crippen MR) is 89.3 cm³/mol. The molecule has 122 valence electrons. The summed E-state index contributed by atoms with van der Waals surface area (Å²) in [7, 11) is -3.38. The van der Waals surface area contributed by atoms with Crippen molar-refractivity contribution in [1.29, 1.82) is 0 Å². The van der Waals surface area contributed by atoms with E-state index in [-0.39, 0.29) is 0 Å². The molecule has 1 heterocycles. The molecule has 0 saturated carbocycles. The van der Waals surface area contributed by atoms with Gasteiger partial charge in [-0.25, -0.2) is 13.1 Å². The molecule has 0 radical (unpaired) electrons. The molecule has 1 rings (SSSR count). The van der Waals surface area contributed by atoms with E-state index in [9.17, 15) is 8.42 Å².